The molecule has 20 heavy (non-hydrogen) atoms. The van der Waals surface area contributed by atoms with Crippen LogP contribution >= 0.6 is 23.4 Å². The maximum Gasteiger partial charge on any atom is 0.337 e. The fraction of sp³-hybridized carbons (Fsp3) is 0.333. The lowest BCUT2D eigenvalue weighted by atomic mass is 10.1. The fourth-order valence-electron chi connectivity index (χ4n) is 1.25. The number of carboxylic acids is 1. The summed E-state index contributed by atoms with van der Waals surface area (Å²) < 4.78 is 0. The molecule has 0 bridgehead atoms. The van der Waals surface area contributed by atoms with Crippen molar-refractivity contribution in [1.29, 1.82) is 0 Å². The molecule has 0 aliphatic rings. The van der Waals surface area contributed by atoms with Gasteiger partial charge in [0.15, 0.2) is 5.60 Å². The van der Waals surface area contributed by atoms with Crippen LogP contribution in [0.5, 0.6) is 0 Å². The van der Waals surface area contributed by atoms with Crippen LogP contribution in [0.3, 0.4) is 0 Å². The summed E-state index contributed by atoms with van der Waals surface area (Å²) in [6, 6.07) is 4.39. The van der Waals surface area contributed by atoms with Gasteiger partial charge in [0.2, 0.25) is 0 Å². The predicted octanol–water partition coefficient (Wildman–Crippen LogP) is 2.02. The standard InChI is InChI=1S/C12H15ClN2O4S/c1-12(19,10(16)17)6-14-11(18)15-7-3-4-9(20-2)8(13)5-7/h3-5,19H,6H2,1-2H3,(H,16,17)(H2,14,15,18). The molecule has 1 rings (SSSR count). The Morgan fingerprint density at radius 1 is 1.45 bits per heavy atom. The van der Waals surface area contributed by atoms with Crippen molar-refractivity contribution in [3.8, 4) is 0 Å². The van der Waals surface area contributed by atoms with Crippen LogP contribution in [0.4, 0.5) is 10.5 Å². The normalized spacial score (nSPS) is 13.4. The predicted molar refractivity (Wildman–Crippen MR) is 78.5 cm³/mol. The average Bonchev–Trinajstić information content (AvgIpc) is 2.36. The lowest BCUT2D eigenvalue weighted by Crippen LogP contribution is -2.47. The topological polar surface area (TPSA) is 98.7 Å². The molecule has 0 aliphatic carbocycles. The molecule has 0 radical (unpaired) electrons. The minimum atomic E-state index is -2.02. The molecule has 1 aromatic carbocycles. The van der Waals surface area contributed by atoms with Crippen LogP contribution in [0.2, 0.25) is 5.02 Å². The highest BCUT2D eigenvalue weighted by Gasteiger charge is 2.30. The van der Waals surface area contributed by atoms with E-state index in [9.17, 15) is 14.7 Å². The first-order valence-electron chi connectivity index (χ1n) is 5.60. The number of carbonyl (C=O) groups is 2. The third-order valence-corrected chi connectivity index (χ3v) is 3.68. The van der Waals surface area contributed by atoms with Crippen LogP contribution < -0.4 is 10.6 Å². The monoisotopic (exact) mass is 318 g/mol. The van der Waals surface area contributed by atoms with E-state index in [-0.39, 0.29) is 0 Å². The number of aliphatic carboxylic acids is 1. The lowest BCUT2D eigenvalue weighted by Gasteiger charge is -2.18. The second-order valence-corrected chi connectivity index (χ2v) is 5.49. The molecule has 0 aromatic heterocycles. The minimum absolute atomic E-state index is 0.412. The fourth-order valence-corrected chi connectivity index (χ4v) is 2.12. The van der Waals surface area contributed by atoms with Gasteiger partial charge < -0.3 is 20.8 Å². The smallest absolute Gasteiger partial charge is 0.337 e. The van der Waals surface area contributed by atoms with Gasteiger partial charge in [-0.25, -0.2) is 9.59 Å². The van der Waals surface area contributed by atoms with E-state index in [1.54, 1.807) is 18.2 Å². The molecule has 0 aliphatic heterocycles. The lowest BCUT2D eigenvalue weighted by molar-refractivity contribution is -0.155. The highest BCUT2D eigenvalue weighted by molar-refractivity contribution is 7.98. The van der Waals surface area contributed by atoms with Gasteiger partial charge in [0.1, 0.15) is 0 Å². The number of thioether (sulfide) groups is 1. The number of amides is 2. The summed E-state index contributed by atoms with van der Waals surface area (Å²) in [5.41, 5.74) is -1.54. The summed E-state index contributed by atoms with van der Waals surface area (Å²) in [6.07, 6.45) is 1.88. The molecule has 4 N–H and O–H groups in total. The second kappa shape index (κ2) is 6.83. The first-order valence-corrected chi connectivity index (χ1v) is 7.20. The van der Waals surface area contributed by atoms with Crippen molar-refractivity contribution in [2.45, 2.75) is 17.4 Å². The van der Waals surface area contributed by atoms with E-state index >= 15 is 0 Å². The molecule has 6 nitrogen and oxygen atoms in total. The van der Waals surface area contributed by atoms with Crippen molar-refractivity contribution in [2.24, 2.45) is 0 Å². The molecule has 8 heteroatoms. The zero-order valence-electron chi connectivity index (χ0n) is 10.9. The zero-order chi connectivity index (χ0) is 15.3. The van der Waals surface area contributed by atoms with Gasteiger partial charge >= 0.3 is 12.0 Å². The summed E-state index contributed by atoms with van der Waals surface area (Å²) in [4.78, 5) is 23.1. The molecule has 0 saturated carbocycles. The second-order valence-electron chi connectivity index (χ2n) is 4.24. The number of urea groups is 1. The number of anilines is 1. The van der Waals surface area contributed by atoms with Crippen LogP contribution in [0.25, 0.3) is 0 Å². The molecule has 110 valence electrons. The maximum absolute atomic E-state index is 11.6. The number of rotatable bonds is 5. The van der Waals surface area contributed by atoms with Gasteiger partial charge in [0.05, 0.1) is 11.6 Å². The molecular weight excluding hydrogens is 304 g/mol. The van der Waals surface area contributed by atoms with Crippen LogP contribution in [0, 0.1) is 0 Å². The molecule has 0 fully saturated rings. The summed E-state index contributed by atoms with van der Waals surface area (Å²) in [5, 5.41) is 23.4. The number of carbonyl (C=O) groups excluding carboxylic acids is 1. The van der Waals surface area contributed by atoms with Crippen LogP contribution in [-0.4, -0.2) is 40.6 Å². The highest BCUT2D eigenvalue weighted by atomic mass is 35.5. The summed E-state index contributed by atoms with van der Waals surface area (Å²) >= 11 is 7.48. The zero-order valence-corrected chi connectivity index (χ0v) is 12.5. The minimum Gasteiger partial charge on any atom is -0.479 e. The van der Waals surface area contributed by atoms with Crippen molar-refractivity contribution in [3.63, 3.8) is 0 Å². The van der Waals surface area contributed by atoms with Gasteiger partial charge in [-0.05, 0) is 31.4 Å². The molecular formula is C12H15ClN2O4S. The molecule has 0 heterocycles. The first-order chi connectivity index (χ1) is 9.26. The molecule has 1 atom stereocenters. The molecule has 0 saturated heterocycles. The number of hydrogen-bond donors (Lipinski definition) is 4. The van der Waals surface area contributed by atoms with Crippen LogP contribution in [0.15, 0.2) is 23.1 Å². The number of halogens is 1. The maximum atomic E-state index is 11.6. The number of hydrogen-bond acceptors (Lipinski definition) is 4. The Morgan fingerprint density at radius 2 is 2.10 bits per heavy atom. The van der Waals surface area contributed by atoms with Crippen LogP contribution in [0.1, 0.15) is 6.92 Å². The average molecular weight is 319 g/mol. The van der Waals surface area contributed by atoms with E-state index in [1.165, 1.54) is 11.8 Å². The third-order valence-electron chi connectivity index (χ3n) is 2.46. The third kappa shape index (κ3) is 4.59. The quantitative estimate of drug-likeness (QED) is 0.623. The highest BCUT2D eigenvalue weighted by Crippen LogP contribution is 2.27. The van der Waals surface area contributed by atoms with Crippen molar-refractivity contribution in [2.75, 3.05) is 18.1 Å². The Kier molecular flexibility index (Phi) is 5.67. The molecule has 1 unspecified atom stereocenters. The number of nitrogens with one attached hydrogen (secondary N) is 2. The molecule has 0 spiro atoms. The van der Waals surface area contributed by atoms with Crippen molar-refractivity contribution >= 4 is 41.1 Å². The molecule has 2 amide bonds. The van der Waals surface area contributed by atoms with E-state index in [0.717, 1.165) is 11.8 Å². The van der Waals surface area contributed by atoms with Crippen molar-refractivity contribution in [1.82, 2.24) is 5.32 Å². The largest absolute Gasteiger partial charge is 0.479 e. The molecule has 1 aromatic rings. The van der Waals surface area contributed by atoms with Gasteiger partial charge in [-0.3, -0.25) is 0 Å². The first kappa shape index (κ1) is 16.6. The van der Waals surface area contributed by atoms with E-state index < -0.39 is 24.1 Å². The van der Waals surface area contributed by atoms with Gasteiger partial charge in [-0.1, -0.05) is 11.6 Å². The summed E-state index contributed by atoms with van der Waals surface area (Å²) in [6.45, 7) is 0.685. The van der Waals surface area contributed by atoms with Gasteiger partial charge in [0.25, 0.3) is 0 Å². The van der Waals surface area contributed by atoms with E-state index in [4.69, 9.17) is 16.7 Å². The van der Waals surface area contributed by atoms with E-state index in [2.05, 4.69) is 10.6 Å². The Balaban J connectivity index is 2.59. The Labute approximate surface area is 125 Å². The Bertz CT molecular complexity index is 522. The SMILES string of the molecule is CSc1ccc(NC(=O)NCC(C)(O)C(=O)O)cc1Cl. The van der Waals surface area contributed by atoms with Gasteiger partial charge in [-0.15, -0.1) is 11.8 Å². The Morgan fingerprint density at radius 3 is 2.60 bits per heavy atom. The number of aliphatic hydroxyl groups is 1. The van der Waals surface area contributed by atoms with E-state index in [1.807, 2.05) is 6.26 Å². The summed E-state index contributed by atoms with van der Waals surface area (Å²) in [7, 11) is 0. The van der Waals surface area contributed by atoms with Crippen LogP contribution in [-0.2, 0) is 4.79 Å². The van der Waals surface area contributed by atoms with Crippen molar-refractivity contribution in [3.05, 3.63) is 23.2 Å². The van der Waals surface area contributed by atoms with E-state index in [0.29, 0.717) is 10.7 Å². The van der Waals surface area contributed by atoms with Crippen molar-refractivity contribution < 1.29 is 19.8 Å². The van der Waals surface area contributed by atoms with Gasteiger partial charge in [-0.2, -0.15) is 0 Å². The summed E-state index contributed by atoms with van der Waals surface area (Å²) in [5.74, 6) is -1.41. The number of benzene rings is 1. The Hall–Kier alpha value is -1.44. The number of carboxylic acid groups (broad SMARTS) is 1. The van der Waals surface area contributed by atoms with Gasteiger partial charge in [0, 0.05) is 10.6 Å².